The predicted octanol–water partition coefficient (Wildman–Crippen LogP) is 2.79. The van der Waals surface area contributed by atoms with Crippen LogP contribution >= 0.6 is 31.9 Å². The van der Waals surface area contributed by atoms with E-state index in [0.717, 1.165) is 4.68 Å². The van der Waals surface area contributed by atoms with Crippen LogP contribution in [0.1, 0.15) is 6.85 Å². The summed E-state index contributed by atoms with van der Waals surface area (Å²) in [5.41, 5.74) is 0.0594. The summed E-state index contributed by atoms with van der Waals surface area (Å²) in [7, 11) is 0. The van der Waals surface area contributed by atoms with Crippen LogP contribution in [0.4, 0.5) is 0 Å². The minimum absolute atomic E-state index is 0.0594. The van der Waals surface area contributed by atoms with Crippen molar-refractivity contribution in [2.75, 3.05) is 0 Å². The van der Waals surface area contributed by atoms with Gasteiger partial charge in [0.05, 0.1) is 27.7 Å². The van der Waals surface area contributed by atoms with E-state index in [-0.39, 0.29) is 45.4 Å². The van der Waals surface area contributed by atoms with Gasteiger partial charge in [-0.2, -0.15) is 5.10 Å². The molecule has 3 nitrogen and oxygen atoms in total. The summed E-state index contributed by atoms with van der Waals surface area (Å²) in [5, 5.41) is 3.79. The van der Waals surface area contributed by atoms with Crippen LogP contribution in [0.15, 0.2) is 39.7 Å². The molecule has 0 amide bonds. The van der Waals surface area contributed by atoms with Crippen LogP contribution in [0.3, 0.4) is 0 Å². The maximum atomic E-state index is 7.77. The molecule has 0 N–H and O–H groups in total. The van der Waals surface area contributed by atoms with Gasteiger partial charge in [0.1, 0.15) is 0 Å². The molecule has 0 aliphatic rings. The Morgan fingerprint density at radius 1 is 1.38 bits per heavy atom. The molecule has 0 unspecified atom stereocenters. The van der Waals surface area contributed by atoms with Crippen molar-refractivity contribution >= 4 is 31.9 Å². The molecule has 0 saturated heterocycles. The van der Waals surface area contributed by atoms with E-state index >= 15 is 0 Å². The lowest BCUT2D eigenvalue weighted by Crippen LogP contribution is -1.95. The Hall–Kier alpha value is -0.680. The molecule has 66 valence electrons. The van der Waals surface area contributed by atoms with Crippen molar-refractivity contribution in [3.63, 3.8) is 0 Å². The zero-order chi connectivity index (χ0) is 13.6. The number of pyridine rings is 1. The van der Waals surface area contributed by atoms with Crippen LogP contribution in [0.2, 0.25) is 0 Å². The molecule has 0 bridgehead atoms. The second-order valence-corrected chi connectivity index (χ2v) is 3.66. The van der Waals surface area contributed by atoms with Gasteiger partial charge in [-0.05, 0) is 37.9 Å². The topological polar surface area (TPSA) is 30.7 Å². The minimum Gasteiger partial charge on any atom is -0.263 e. The number of aromatic nitrogens is 3. The van der Waals surface area contributed by atoms with Crippen molar-refractivity contribution in [1.29, 1.82) is 0 Å². The van der Waals surface area contributed by atoms with Gasteiger partial charge < -0.3 is 0 Å². The number of halogens is 2. The summed E-state index contributed by atoms with van der Waals surface area (Å²) in [6.45, 7) is 0. The lowest BCUT2D eigenvalue weighted by molar-refractivity contribution is 0.872. The molecule has 2 heterocycles. The molecule has 2 rings (SSSR count). The van der Waals surface area contributed by atoms with Crippen molar-refractivity contribution in [3.8, 4) is 5.69 Å². The first kappa shape index (κ1) is 4.70. The van der Waals surface area contributed by atoms with Crippen molar-refractivity contribution in [2.24, 2.45) is 0 Å². The third kappa shape index (κ3) is 1.81. The molecule has 0 aliphatic carbocycles. The van der Waals surface area contributed by atoms with Gasteiger partial charge in [-0.1, -0.05) is 0 Å². The van der Waals surface area contributed by atoms with Crippen molar-refractivity contribution < 1.29 is 6.85 Å². The van der Waals surface area contributed by atoms with Gasteiger partial charge in [-0.25, -0.2) is 4.68 Å². The average molecular weight is 308 g/mol. The maximum absolute atomic E-state index is 7.77. The van der Waals surface area contributed by atoms with Gasteiger partial charge in [0, 0.05) is 18.5 Å². The standard InChI is InChI=1S/C8H5Br2N3/c9-6-3-12-13(5-6)8-1-2-11-4-7(8)10/h1-5H/i1D,2D,3D,4D,5D. The fraction of sp³-hybridized carbons (Fsp3) is 0. The van der Waals surface area contributed by atoms with Crippen molar-refractivity contribution in [3.05, 3.63) is 39.7 Å². The molecule has 0 atom stereocenters. The van der Waals surface area contributed by atoms with Gasteiger partial charge in [-0.15, -0.1) is 0 Å². The molecule has 0 aliphatic heterocycles. The largest absolute Gasteiger partial charge is 0.263 e. The van der Waals surface area contributed by atoms with Gasteiger partial charge in [0.2, 0.25) is 0 Å². The predicted molar refractivity (Wildman–Crippen MR) is 56.8 cm³/mol. The third-order valence-corrected chi connectivity index (χ3v) is 2.16. The Morgan fingerprint density at radius 3 is 2.92 bits per heavy atom. The summed E-state index contributed by atoms with van der Waals surface area (Å²) in [4.78, 5) is 3.56. The Morgan fingerprint density at radius 2 is 2.23 bits per heavy atom. The lowest BCUT2D eigenvalue weighted by atomic mass is 10.4. The normalized spacial score (nSPS) is 15.7. The molecule has 0 saturated carbocycles. The molecule has 0 radical (unpaired) electrons. The Balaban J connectivity index is 2.82. The van der Waals surface area contributed by atoms with E-state index in [1.165, 1.54) is 0 Å². The number of hydrogen-bond donors (Lipinski definition) is 0. The Bertz CT molecular complexity index is 616. The van der Waals surface area contributed by atoms with E-state index < -0.39 is 0 Å². The highest BCUT2D eigenvalue weighted by Crippen LogP contribution is 2.19. The van der Waals surface area contributed by atoms with Gasteiger partial charge in [-0.3, -0.25) is 4.98 Å². The Kier molecular flexibility index (Phi) is 1.30. The van der Waals surface area contributed by atoms with E-state index in [9.17, 15) is 0 Å². The minimum atomic E-state index is -0.379. The first-order valence-corrected chi connectivity index (χ1v) is 4.78. The van der Waals surface area contributed by atoms with Crippen molar-refractivity contribution in [1.82, 2.24) is 14.8 Å². The van der Waals surface area contributed by atoms with Crippen LogP contribution < -0.4 is 0 Å². The molecule has 2 aromatic rings. The van der Waals surface area contributed by atoms with E-state index in [0.29, 0.717) is 0 Å². The van der Waals surface area contributed by atoms with E-state index in [4.69, 9.17) is 6.85 Å². The van der Waals surface area contributed by atoms with Crippen LogP contribution in [-0.2, 0) is 0 Å². The van der Waals surface area contributed by atoms with Crippen LogP contribution in [0.25, 0.3) is 5.69 Å². The number of hydrogen-bond acceptors (Lipinski definition) is 2. The summed E-state index contributed by atoms with van der Waals surface area (Å²) in [6, 6.07) is -0.263. The molecular formula is C8H5Br2N3. The second-order valence-electron chi connectivity index (χ2n) is 2.07. The fourth-order valence-corrected chi connectivity index (χ4v) is 1.36. The van der Waals surface area contributed by atoms with E-state index in [1.807, 2.05) is 0 Å². The van der Waals surface area contributed by atoms with Gasteiger partial charge in [0.15, 0.2) is 0 Å². The zero-order valence-corrected chi connectivity index (χ0v) is 9.27. The highest BCUT2D eigenvalue weighted by molar-refractivity contribution is 9.10. The van der Waals surface area contributed by atoms with Crippen LogP contribution in [0, 0.1) is 0 Å². The molecule has 0 fully saturated rings. The molecule has 13 heavy (non-hydrogen) atoms. The van der Waals surface area contributed by atoms with E-state index in [1.54, 1.807) is 0 Å². The molecule has 5 heteroatoms. The third-order valence-electron chi connectivity index (χ3n) is 1.26. The van der Waals surface area contributed by atoms with Gasteiger partial charge >= 0.3 is 0 Å². The van der Waals surface area contributed by atoms with Crippen LogP contribution in [-0.4, -0.2) is 14.8 Å². The lowest BCUT2D eigenvalue weighted by Gasteiger charge is -2.01. The average Bonchev–Trinajstić information content (AvgIpc) is 2.55. The number of rotatable bonds is 1. The SMILES string of the molecule is [2H]c1nc([2H])c(Br)c(-n2nc([2H])c(Br)c2[2H])c1[2H]. The Labute approximate surface area is 99.1 Å². The zero-order valence-electron chi connectivity index (χ0n) is 11.1. The number of nitrogens with zero attached hydrogens (tertiary/aromatic N) is 3. The second kappa shape index (κ2) is 3.59. The summed E-state index contributed by atoms with van der Waals surface area (Å²) in [6.07, 6.45) is -0.875. The van der Waals surface area contributed by atoms with Gasteiger partial charge in [0.25, 0.3) is 0 Å². The smallest absolute Gasteiger partial charge is 0.0872 e. The first-order chi connectivity index (χ1) is 8.34. The molecular weight excluding hydrogens is 298 g/mol. The first-order valence-electron chi connectivity index (χ1n) is 5.70. The summed E-state index contributed by atoms with van der Waals surface area (Å²) < 4.78 is 39.4. The quantitative estimate of drug-likeness (QED) is 0.811. The molecule has 2 aromatic heterocycles. The van der Waals surface area contributed by atoms with E-state index in [2.05, 4.69) is 41.9 Å². The highest BCUT2D eigenvalue weighted by Gasteiger charge is 2.02. The fourth-order valence-electron chi connectivity index (χ4n) is 0.754. The van der Waals surface area contributed by atoms with Crippen LogP contribution in [0.5, 0.6) is 0 Å². The molecule has 0 spiro atoms. The monoisotopic (exact) mass is 306 g/mol. The maximum Gasteiger partial charge on any atom is 0.0872 e. The summed E-state index contributed by atoms with van der Waals surface area (Å²) in [5.74, 6) is 0. The van der Waals surface area contributed by atoms with Crippen molar-refractivity contribution in [2.45, 2.75) is 0 Å². The molecule has 0 aromatic carbocycles. The summed E-state index contributed by atoms with van der Waals surface area (Å²) >= 11 is 6.14. The highest BCUT2D eigenvalue weighted by atomic mass is 79.9.